The SMILES string of the molecule is O=C(O)c1cc(N=Nc2cc(-c3csc(Nc4cccc(C(F)(F)F)c4)n3)c(F)cc2F)ccc1O. The number of nitrogens with zero attached hydrogens (tertiary/aromatic N) is 3. The number of hydrogen-bond acceptors (Lipinski definition) is 7. The van der Waals surface area contributed by atoms with Gasteiger partial charge in [0.05, 0.1) is 16.9 Å². The van der Waals surface area contributed by atoms with Crippen LogP contribution in [0.2, 0.25) is 0 Å². The van der Waals surface area contributed by atoms with E-state index in [0.29, 0.717) is 6.07 Å². The van der Waals surface area contributed by atoms with Gasteiger partial charge in [0.15, 0.2) is 10.9 Å². The van der Waals surface area contributed by atoms with Crippen LogP contribution >= 0.6 is 11.3 Å². The summed E-state index contributed by atoms with van der Waals surface area (Å²) < 4.78 is 67.6. The maximum absolute atomic E-state index is 14.5. The largest absolute Gasteiger partial charge is 0.507 e. The Morgan fingerprint density at radius 3 is 2.50 bits per heavy atom. The number of alkyl halides is 3. The summed E-state index contributed by atoms with van der Waals surface area (Å²) in [4.78, 5) is 15.3. The summed E-state index contributed by atoms with van der Waals surface area (Å²) in [5.74, 6) is -3.90. The molecule has 1 heterocycles. The lowest BCUT2D eigenvalue weighted by molar-refractivity contribution is -0.137. The molecule has 0 aliphatic heterocycles. The van der Waals surface area contributed by atoms with Gasteiger partial charge >= 0.3 is 12.1 Å². The first-order valence-corrected chi connectivity index (χ1v) is 10.8. The molecule has 4 aromatic rings. The number of azo groups is 1. The molecule has 0 saturated carbocycles. The number of thiazole rings is 1. The van der Waals surface area contributed by atoms with Gasteiger partial charge in [0, 0.05) is 22.7 Å². The summed E-state index contributed by atoms with van der Waals surface area (Å²) in [5.41, 5.74) is -1.62. The molecule has 184 valence electrons. The molecule has 0 fully saturated rings. The van der Waals surface area contributed by atoms with E-state index in [2.05, 4.69) is 20.5 Å². The second-order valence-electron chi connectivity index (χ2n) is 7.23. The van der Waals surface area contributed by atoms with Gasteiger partial charge in [-0.15, -0.1) is 16.5 Å². The first kappa shape index (κ1) is 24.7. The molecule has 0 bridgehead atoms. The number of phenols is 1. The second kappa shape index (κ2) is 9.70. The van der Waals surface area contributed by atoms with Crippen molar-refractivity contribution in [1.82, 2.24) is 4.98 Å². The van der Waals surface area contributed by atoms with Gasteiger partial charge in [-0.2, -0.15) is 18.3 Å². The maximum Gasteiger partial charge on any atom is 0.416 e. The van der Waals surface area contributed by atoms with Crippen molar-refractivity contribution in [3.05, 3.63) is 82.7 Å². The van der Waals surface area contributed by atoms with Crippen molar-refractivity contribution in [3.8, 4) is 17.0 Å². The van der Waals surface area contributed by atoms with Crippen LogP contribution in [0.3, 0.4) is 0 Å². The molecule has 0 amide bonds. The van der Waals surface area contributed by atoms with Crippen LogP contribution in [0, 0.1) is 11.6 Å². The van der Waals surface area contributed by atoms with Gasteiger partial charge in [-0.3, -0.25) is 0 Å². The molecule has 7 nitrogen and oxygen atoms in total. The van der Waals surface area contributed by atoms with Crippen LogP contribution in [-0.4, -0.2) is 21.2 Å². The van der Waals surface area contributed by atoms with Gasteiger partial charge in [0.25, 0.3) is 0 Å². The smallest absolute Gasteiger partial charge is 0.416 e. The summed E-state index contributed by atoms with van der Waals surface area (Å²) in [6.45, 7) is 0. The number of anilines is 2. The van der Waals surface area contributed by atoms with Crippen molar-refractivity contribution in [2.45, 2.75) is 6.18 Å². The molecule has 3 N–H and O–H groups in total. The number of carboxylic acids is 1. The van der Waals surface area contributed by atoms with E-state index in [1.807, 2.05) is 0 Å². The van der Waals surface area contributed by atoms with Gasteiger partial charge in [-0.1, -0.05) is 6.07 Å². The first-order valence-electron chi connectivity index (χ1n) is 9.88. The highest BCUT2D eigenvalue weighted by Gasteiger charge is 2.30. The molecular weight excluding hydrogens is 507 g/mol. The predicted molar refractivity (Wildman–Crippen MR) is 121 cm³/mol. The lowest BCUT2D eigenvalue weighted by Gasteiger charge is -2.09. The Morgan fingerprint density at radius 1 is 1.00 bits per heavy atom. The Kier molecular flexibility index (Phi) is 6.66. The average molecular weight is 520 g/mol. The van der Waals surface area contributed by atoms with Crippen molar-refractivity contribution in [2.24, 2.45) is 10.2 Å². The van der Waals surface area contributed by atoms with E-state index in [4.69, 9.17) is 5.11 Å². The summed E-state index contributed by atoms with van der Waals surface area (Å²) >= 11 is 0.990. The number of nitrogens with one attached hydrogen (secondary N) is 1. The highest BCUT2D eigenvalue weighted by Crippen LogP contribution is 2.35. The molecule has 3 aromatic carbocycles. The number of halogens is 5. The molecule has 0 spiro atoms. The number of aromatic nitrogens is 1. The van der Waals surface area contributed by atoms with E-state index in [-0.39, 0.29) is 33.5 Å². The topological polar surface area (TPSA) is 107 Å². The molecule has 36 heavy (non-hydrogen) atoms. The van der Waals surface area contributed by atoms with E-state index in [9.17, 15) is 31.9 Å². The third-order valence-electron chi connectivity index (χ3n) is 4.74. The third-order valence-corrected chi connectivity index (χ3v) is 5.50. The zero-order valence-corrected chi connectivity index (χ0v) is 18.5. The minimum Gasteiger partial charge on any atom is -0.507 e. The number of carbonyl (C=O) groups is 1. The van der Waals surface area contributed by atoms with E-state index < -0.39 is 40.7 Å². The van der Waals surface area contributed by atoms with Crippen LogP contribution < -0.4 is 5.32 Å². The summed E-state index contributed by atoms with van der Waals surface area (Å²) in [6, 6.07) is 9.42. The second-order valence-corrected chi connectivity index (χ2v) is 8.09. The van der Waals surface area contributed by atoms with E-state index in [1.165, 1.54) is 23.6 Å². The molecule has 0 aliphatic carbocycles. The van der Waals surface area contributed by atoms with Crippen molar-refractivity contribution in [3.63, 3.8) is 0 Å². The van der Waals surface area contributed by atoms with Crippen LogP contribution in [-0.2, 0) is 6.18 Å². The molecule has 0 radical (unpaired) electrons. The molecule has 4 rings (SSSR count). The molecule has 0 atom stereocenters. The number of hydrogen-bond donors (Lipinski definition) is 3. The van der Waals surface area contributed by atoms with Gasteiger partial charge in [-0.25, -0.2) is 18.6 Å². The normalized spacial score (nSPS) is 11.7. The molecule has 0 saturated heterocycles. The number of rotatable bonds is 6. The number of aromatic hydroxyl groups is 1. The number of carboxylic acid groups (broad SMARTS) is 1. The molecule has 13 heteroatoms. The van der Waals surface area contributed by atoms with Crippen LogP contribution in [0.1, 0.15) is 15.9 Å². The van der Waals surface area contributed by atoms with Gasteiger partial charge in [0.2, 0.25) is 0 Å². The number of benzene rings is 3. The summed E-state index contributed by atoms with van der Waals surface area (Å²) in [7, 11) is 0. The van der Waals surface area contributed by atoms with Crippen LogP contribution in [0.4, 0.5) is 44.1 Å². The third kappa shape index (κ3) is 5.46. The van der Waals surface area contributed by atoms with Crippen molar-refractivity contribution in [1.29, 1.82) is 0 Å². The van der Waals surface area contributed by atoms with E-state index in [1.54, 1.807) is 0 Å². The summed E-state index contributed by atoms with van der Waals surface area (Å²) in [6.07, 6.45) is -4.52. The Morgan fingerprint density at radius 2 is 1.78 bits per heavy atom. The zero-order valence-electron chi connectivity index (χ0n) is 17.7. The molecule has 1 aromatic heterocycles. The van der Waals surface area contributed by atoms with Crippen molar-refractivity contribution < 1.29 is 37.0 Å². The highest BCUT2D eigenvalue weighted by atomic mass is 32.1. The highest BCUT2D eigenvalue weighted by molar-refractivity contribution is 7.14. The minimum absolute atomic E-state index is 0.00305. The Hall–Kier alpha value is -4.39. The summed E-state index contributed by atoms with van der Waals surface area (Å²) in [5, 5.41) is 30.4. The fourth-order valence-electron chi connectivity index (χ4n) is 3.03. The molecular formula is C23H13F5N4O3S. The number of aromatic carboxylic acids is 1. The Balaban J connectivity index is 1.60. The van der Waals surface area contributed by atoms with Crippen LogP contribution in [0.25, 0.3) is 11.3 Å². The molecule has 0 aliphatic rings. The first-order chi connectivity index (χ1) is 17.0. The van der Waals surface area contributed by atoms with E-state index in [0.717, 1.165) is 41.7 Å². The Labute approximate surface area is 203 Å². The lowest BCUT2D eigenvalue weighted by Crippen LogP contribution is -2.05. The monoisotopic (exact) mass is 520 g/mol. The van der Waals surface area contributed by atoms with Gasteiger partial charge in [-0.05, 0) is 42.5 Å². The maximum atomic E-state index is 14.5. The zero-order chi connectivity index (χ0) is 26.0. The van der Waals surface area contributed by atoms with Crippen LogP contribution in [0.15, 0.2) is 70.2 Å². The lowest BCUT2D eigenvalue weighted by atomic mass is 10.1. The minimum atomic E-state index is -4.52. The van der Waals surface area contributed by atoms with Crippen molar-refractivity contribution in [2.75, 3.05) is 5.32 Å². The van der Waals surface area contributed by atoms with Gasteiger partial charge in [0.1, 0.15) is 22.8 Å². The van der Waals surface area contributed by atoms with Crippen LogP contribution in [0.5, 0.6) is 5.75 Å². The molecule has 0 unspecified atom stereocenters. The quantitative estimate of drug-likeness (QED) is 0.179. The fraction of sp³-hybridized carbons (Fsp3) is 0.0435. The van der Waals surface area contributed by atoms with Gasteiger partial charge < -0.3 is 15.5 Å². The predicted octanol–water partition coefficient (Wildman–Crippen LogP) is 7.67. The van der Waals surface area contributed by atoms with Crippen molar-refractivity contribution >= 4 is 39.5 Å². The Bertz CT molecular complexity index is 1490. The standard InChI is InChI=1S/C23H13F5N4O3S/c24-16-9-17(25)18(32-31-13-4-5-20(33)15(7-13)21(34)35)8-14(16)19-10-36-22(30-19)29-12-3-1-2-11(6-12)23(26,27)28/h1-10,33H,(H,29,30)(H,34,35). The average Bonchev–Trinajstić information content (AvgIpc) is 3.27. The fourth-order valence-corrected chi connectivity index (χ4v) is 3.76. The van der Waals surface area contributed by atoms with E-state index >= 15 is 0 Å².